The van der Waals surface area contributed by atoms with E-state index in [9.17, 15) is 0 Å². The Morgan fingerprint density at radius 1 is 0.541 bits per heavy atom. The van der Waals surface area contributed by atoms with Crippen molar-refractivity contribution in [3.05, 3.63) is 18.2 Å². The van der Waals surface area contributed by atoms with Gasteiger partial charge in [0.2, 0.25) is 0 Å². The molecule has 0 aliphatic carbocycles. The first-order valence-electron chi connectivity index (χ1n) is 17.2. The molecule has 2 unspecified atom stereocenters. The summed E-state index contributed by atoms with van der Waals surface area (Å²) < 4.78 is 2.58. The lowest BCUT2D eigenvalue weighted by atomic mass is 9.89. The predicted molar refractivity (Wildman–Crippen MR) is 165 cm³/mol. The number of rotatable bonds is 27. The molecule has 1 aromatic rings. The second-order valence-corrected chi connectivity index (χ2v) is 12.6. The molecule has 1 heterocycles. The molecule has 0 bridgehead atoms. The van der Waals surface area contributed by atoms with E-state index in [1.807, 2.05) is 0 Å². The molecular weight excluding hydrogens is 448 g/mol. The van der Waals surface area contributed by atoms with Gasteiger partial charge in [-0.2, -0.15) is 0 Å². The van der Waals surface area contributed by atoms with Crippen LogP contribution in [0.25, 0.3) is 0 Å². The van der Waals surface area contributed by atoms with Crippen molar-refractivity contribution >= 4 is 0 Å². The number of imidazole rings is 1. The van der Waals surface area contributed by atoms with E-state index in [0.29, 0.717) is 17.9 Å². The first-order valence-corrected chi connectivity index (χ1v) is 17.2. The zero-order valence-corrected chi connectivity index (χ0v) is 26.3. The van der Waals surface area contributed by atoms with Gasteiger partial charge >= 0.3 is 0 Å². The summed E-state index contributed by atoms with van der Waals surface area (Å²) >= 11 is 0. The van der Waals surface area contributed by atoms with E-state index in [1.54, 1.807) is 0 Å². The summed E-state index contributed by atoms with van der Waals surface area (Å²) in [6.07, 6.45) is 38.6. The molecule has 0 fully saturated rings. The van der Waals surface area contributed by atoms with Crippen LogP contribution in [0, 0.1) is 5.92 Å². The first-order chi connectivity index (χ1) is 18.1. The number of aromatic nitrogens is 2. The molecule has 0 amide bonds. The van der Waals surface area contributed by atoms with Crippen molar-refractivity contribution in [1.29, 1.82) is 0 Å². The van der Waals surface area contributed by atoms with Gasteiger partial charge in [-0.05, 0) is 32.1 Å². The molecule has 0 aliphatic heterocycles. The molecule has 0 radical (unpaired) electrons. The second-order valence-electron chi connectivity index (χ2n) is 12.6. The lowest BCUT2D eigenvalue weighted by Gasteiger charge is -2.20. The molecule has 0 saturated heterocycles. The Morgan fingerprint density at radius 2 is 0.919 bits per heavy atom. The van der Waals surface area contributed by atoms with Crippen LogP contribution in [0.1, 0.15) is 207 Å². The van der Waals surface area contributed by atoms with Crippen molar-refractivity contribution in [3.8, 4) is 0 Å². The third-order valence-electron chi connectivity index (χ3n) is 8.72. The van der Waals surface area contributed by atoms with Crippen LogP contribution in [0.15, 0.2) is 12.4 Å². The molecule has 218 valence electrons. The van der Waals surface area contributed by atoms with E-state index in [0.717, 1.165) is 0 Å². The second kappa shape index (κ2) is 24.3. The normalized spacial score (nSPS) is 13.5. The van der Waals surface area contributed by atoms with Gasteiger partial charge in [-0.1, -0.05) is 163 Å². The van der Waals surface area contributed by atoms with Crippen molar-refractivity contribution in [2.24, 2.45) is 5.92 Å². The average Bonchev–Trinajstić information content (AvgIpc) is 3.37. The number of aromatic amines is 1. The Labute approximate surface area is 234 Å². The van der Waals surface area contributed by atoms with E-state index < -0.39 is 0 Å². The van der Waals surface area contributed by atoms with Crippen LogP contribution in [0.3, 0.4) is 0 Å². The number of H-pyrrole nitrogens is 1. The van der Waals surface area contributed by atoms with Crippen LogP contribution >= 0.6 is 0 Å². The fraction of sp³-hybridized carbons (Fsp3) is 0.914. The maximum Gasteiger partial charge on any atom is 0.257 e. The van der Waals surface area contributed by atoms with Crippen molar-refractivity contribution in [3.63, 3.8) is 0 Å². The molecule has 2 nitrogen and oxygen atoms in total. The Kier molecular flexibility index (Phi) is 22.5. The predicted octanol–water partition coefficient (Wildman–Crippen LogP) is 12.0. The first kappa shape index (κ1) is 34.2. The lowest BCUT2D eigenvalue weighted by Crippen LogP contribution is -2.41. The highest BCUT2D eigenvalue weighted by atomic mass is 15.1. The molecule has 1 aromatic heterocycles. The summed E-state index contributed by atoms with van der Waals surface area (Å²) in [6, 6.07) is 0.610. The third-order valence-corrected chi connectivity index (χ3v) is 8.72. The van der Waals surface area contributed by atoms with Crippen LogP contribution in [-0.4, -0.2) is 4.98 Å². The minimum Gasteiger partial charge on any atom is -0.247 e. The molecule has 0 aliphatic rings. The summed E-state index contributed by atoms with van der Waals surface area (Å²) in [4.78, 5) is 3.66. The number of hydrogen-bond donors (Lipinski definition) is 1. The Hall–Kier alpha value is -0.790. The van der Waals surface area contributed by atoms with Crippen LogP contribution in [0.5, 0.6) is 0 Å². The summed E-state index contributed by atoms with van der Waals surface area (Å²) in [5.74, 6) is 2.84. The largest absolute Gasteiger partial charge is 0.257 e. The Bertz CT molecular complexity index is 590. The van der Waals surface area contributed by atoms with Gasteiger partial charge in [0.05, 0.1) is 12.0 Å². The smallest absolute Gasteiger partial charge is 0.247 e. The summed E-state index contributed by atoms with van der Waals surface area (Å²) in [7, 11) is 0. The SMILES string of the molecule is CCCCCCCCCCCCCCCC(c1[nH]cc[n+]1C(C)CCCCCCCCCCC)C(C)C. The fourth-order valence-electron chi connectivity index (χ4n) is 6.10. The third kappa shape index (κ3) is 17.4. The fourth-order valence-corrected chi connectivity index (χ4v) is 6.10. The van der Waals surface area contributed by atoms with Crippen LogP contribution in [0.2, 0.25) is 0 Å². The van der Waals surface area contributed by atoms with Gasteiger partial charge in [0.25, 0.3) is 5.82 Å². The molecule has 0 saturated carbocycles. The number of hydrogen-bond acceptors (Lipinski definition) is 0. The summed E-state index contributed by atoms with van der Waals surface area (Å²) in [5, 5.41) is 0. The molecular formula is C35H69N2+. The van der Waals surface area contributed by atoms with Crippen LogP contribution < -0.4 is 4.57 Å². The molecule has 2 atom stereocenters. The van der Waals surface area contributed by atoms with Gasteiger partial charge in [0, 0.05) is 0 Å². The monoisotopic (exact) mass is 518 g/mol. The van der Waals surface area contributed by atoms with Crippen molar-refractivity contribution in [2.75, 3.05) is 0 Å². The van der Waals surface area contributed by atoms with Gasteiger partial charge in [-0.25, -0.2) is 9.55 Å². The van der Waals surface area contributed by atoms with Crippen LogP contribution in [0.4, 0.5) is 0 Å². The number of nitrogens with one attached hydrogen (secondary N) is 1. The summed E-state index contributed by atoms with van der Waals surface area (Å²) in [5.41, 5.74) is 0. The Balaban J connectivity index is 2.20. The van der Waals surface area contributed by atoms with Gasteiger partial charge in [-0.15, -0.1) is 0 Å². The van der Waals surface area contributed by atoms with E-state index >= 15 is 0 Å². The molecule has 0 aromatic carbocycles. The Morgan fingerprint density at radius 3 is 1.32 bits per heavy atom. The standard InChI is InChI=1S/C35H68N2/c1-6-8-10-12-14-16-17-18-19-21-23-25-27-29-34(32(3)4)35-36-30-31-37(35)33(5)28-26-24-22-20-15-13-11-9-7-2/h30-34H,6-29H2,1-5H3/p+1. The van der Waals surface area contributed by atoms with E-state index in [2.05, 4.69) is 56.6 Å². The van der Waals surface area contributed by atoms with Crippen molar-refractivity contribution < 1.29 is 4.57 Å². The highest BCUT2D eigenvalue weighted by Crippen LogP contribution is 2.28. The van der Waals surface area contributed by atoms with Gasteiger partial charge in [0.15, 0.2) is 0 Å². The average molecular weight is 518 g/mol. The van der Waals surface area contributed by atoms with E-state index in [-0.39, 0.29) is 0 Å². The molecule has 0 spiro atoms. The van der Waals surface area contributed by atoms with Gasteiger partial charge < -0.3 is 0 Å². The highest BCUT2D eigenvalue weighted by Gasteiger charge is 2.27. The molecule has 1 rings (SSSR count). The van der Waals surface area contributed by atoms with E-state index in [4.69, 9.17) is 0 Å². The van der Waals surface area contributed by atoms with E-state index in [1.165, 1.54) is 160 Å². The van der Waals surface area contributed by atoms with Gasteiger partial charge in [-0.3, -0.25) is 0 Å². The topological polar surface area (TPSA) is 19.7 Å². The maximum atomic E-state index is 3.66. The molecule has 37 heavy (non-hydrogen) atoms. The molecule has 1 N–H and O–H groups in total. The minimum atomic E-state index is 0.610. The highest BCUT2D eigenvalue weighted by molar-refractivity contribution is 4.92. The van der Waals surface area contributed by atoms with Crippen molar-refractivity contribution in [1.82, 2.24) is 4.98 Å². The van der Waals surface area contributed by atoms with Crippen molar-refractivity contribution in [2.45, 2.75) is 201 Å². The lowest BCUT2D eigenvalue weighted by molar-refractivity contribution is -0.727. The quantitative estimate of drug-likeness (QED) is 0.0884. The van der Waals surface area contributed by atoms with Gasteiger partial charge in [0.1, 0.15) is 12.4 Å². The maximum absolute atomic E-state index is 3.66. The zero-order valence-electron chi connectivity index (χ0n) is 26.3. The molecule has 2 heteroatoms. The zero-order chi connectivity index (χ0) is 27.0. The number of nitrogens with zero attached hydrogens (tertiary/aromatic N) is 1. The number of unbranched alkanes of at least 4 members (excludes halogenated alkanes) is 20. The minimum absolute atomic E-state index is 0.610. The van der Waals surface area contributed by atoms with Crippen LogP contribution in [-0.2, 0) is 0 Å². The summed E-state index contributed by atoms with van der Waals surface area (Å²) in [6.45, 7) is 11.9.